The Morgan fingerprint density at radius 3 is 2.39 bits per heavy atom. The highest BCUT2D eigenvalue weighted by Crippen LogP contribution is 2.33. The Bertz CT molecular complexity index is 1220. The summed E-state index contributed by atoms with van der Waals surface area (Å²) >= 11 is 0. The molecule has 0 N–H and O–H groups in total. The number of imidazole rings is 1. The lowest BCUT2D eigenvalue weighted by atomic mass is 9.97. The molecular formula is C22H19F3N4O2. The maximum Gasteiger partial charge on any atom is 0.449 e. The van der Waals surface area contributed by atoms with Crippen molar-refractivity contribution in [3.05, 3.63) is 60.2 Å². The summed E-state index contributed by atoms with van der Waals surface area (Å²) in [4.78, 5) is 22.7. The average molecular weight is 428 g/mol. The van der Waals surface area contributed by atoms with Gasteiger partial charge in [-0.05, 0) is 37.1 Å². The predicted octanol–water partition coefficient (Wildman–Crippen LogP) is 4.60. The molecule has 0 saturated carbocycles. The molecule has 1 amide bonds. The van der Waals surface area contributed by atoms with Gasteiger partial charge in [0.05, 0.1) is 11.0 Å². The van der Waals surface area contributed by atoms with E-state index in [-0.39, 0.29) is 17.3 Å². The Labute approximate surface area is 175 Å². The van der Waals surface area contributed by atoms with E-state index in [1.54, 1.807) is 23.1 Å². The summed E-state index contributed by atoms with van der Waals surface area (Å²) in [6, 6.07) is 13.8. The fraction of sp³-hybridized carbons (Fsp3) is 0.318. The third-order valence-electron chi connectivity index (χ3n) is 5.71. The lowest BCUT2D eigenvalue weighted by Gasteiger charge is -2.31. The van der Waals surface area contributed by atoms with Crippen molar-refractivity contribution in [3.8, 4) is 0 Å². The number of likely N-dealkylation sites (tertiary alicyclic amines) is 1. The van der Waals surface area contributed by atoms with Gasteiger partial charge in [-0.1, -0.05) is 24.3 Å². The number of alkyl halides is 3. The number of hydrogen-bond acceptors (Lipinski definition) is 4. The molecule has 5 rings (SSSR count). The molecule has 1 saturated heterocycles. The third-order valence-corrected chi connectivity index (χ3v) is 5.71. The van der Waals surface area contributed by atoms with Gasteiger partial charge in [0.25, 0.3) is 0 Å². The number of carbonyl (C=O) groups excluding carboxylic acids is 1. The maximum absolute atomic E-state index is 13.5. The van der Waals surface area contributed by atoms with Crippen LogP contribution in [0.1, 0.15) is 30.5 Å². The Morgan fingerprint density at radius 1 is 1.00 bits per heavy atom. The van der Waals surface area contributed by atoms with Crippen molar-refractivity contribution in [1.29, 1.82) is 0 Å². The zero-order valence-corrected chi connectivity index (χ0v) is 16.5. The molecule has 9 heteroatoms. The first kappa shape index (κ1) is 19.6. The van der Waals surface area contributed by atoms with E-state index in [1.807, 2.05) is 24.3 Å². The van der Waals surface area contributed by atoms with Crippen LogP contribution in [0.15, 0.2) is 52.9 Å². The molecule has 31 heavy (non-hydrogen) atoms. The predicted molar refractivity (Wildman–Crippen MR) is 107 cm³/mol. The summed E-state index contributed by atoms with van der Waals surface area (Å²) in [6.07, 6.45) is -3.34. The number of oxazole rings is 1. The molecule has 0 aliphatic carbocycles. The van der Waals surface area contributed by atoms with Gasteiger partial charge in [0, 0.05) is 19.0 Å². The number of benzene rings is 2. The van der Waals surface area contributed by atoms with Gasteiger partial charge in [0.15, 0.2) is 11.5 Å². The summed E-state index contributed by atoms with van der Waals surface area (Å²) in [5.41, 5.74) is 2.03. The van der Waals surface area contributed by atoms with Crippen molar-refractivity contribution in [2.75, 3.05) is 13.1 Å². The highest BCUT2D eigenvalue weighted by Gasteiger charge is 2.38. The van der Waals surface area contributed by atoms with E-state index in [9.17, 15) is 18.0 Å². The number of piperidine rings is 1. The van der Waals surface area contributed by atoms with Gasteiger partial charge in [-0.25, -0.2) is 9.97 Å². The minimum Gasteiger partial charge on any atom is -0.440 e. The van der Waals surface area contributed by atoms with Crippen molar-refractivity contribution in [1.82, 2.24) is 19.4 Å². The van der Waals surface area contributed by atoms with Gasteiger partial charge in [0.2, 0.25) is 11.7 Å². The molecule has 0 atom stereocenters. The smallest absolute Gasteiger partial charge is 0.440 e. The molecule has 6 nitrogen and oxygen atoms in total. The van der Waals surface area contributed by atoms with Crippen molar-refractivity contribution >= 4 is 28.0 Å². The number of carbonyl (C=O) groups is 1. The molecule has 0 bridgehead atoms. The quantitative estimate of drug-likeness (QED) is 0.478. The van der Waals surface area contributed by atoms with Crippen LogP contribution >= 0.6 is 0 Å². The largest absolute Gasteiger partial charge is 0.449 e. The second-order valence-electron chi connectivity index (χ2n) is 7.68. The first-order valence-corrected chi connectivity index (χ1v) is 10.1. The van der Waals surface area contributed by atoms with E-state index in [2.05, 4.69) is 9.97 Å². The number of halogens is 3. The van der Waals surface area contributed by atoms with Crippen LogP contribution in [0.4, 0.5) is 13.2 Å². The van der Waals surface area contributed by atoms with Crippen LogP contribution in [-0.2, 0) is 17.5 Å². The zero-order valence-electron chi connectivity index (χ0n) is 16.5. The molecule has 160 valence electrons. The average Bonchev–Trinajstić information content (AvgIpc) is 3.36. The molecular weight excluding hydrogens is 409 g/mol. The lowest BCUT2D eigenvalue weighted by Crippen LogP contribution is -2.40. The maximum atomic E-state index is 13.5. The summed E-state index contributed by atoms with van der Waals surface area (Å²) in [7, 11) is 0. The van der Waals surface area contributed by atoms with Crippen LogP contribution in [0.3, 0.4) is 0 Å². The molecule has 3 heterocycles. The van der Waals surface area contributed by atoms with Crippen molar-refractivity contribution < 1.29 is 22.4 Å². The second kappa shape index (κ2) is 7.40. The highest BCUT2D eigenvalue weighted by molar-refractivity contribution is 5.81. The molecule has 2 aromatic carbocycles. The van der Waals surface area contributed by atoms with E-state index in [4.69, 9.17) is 4.42 Å². The van der Waals surface area contributed by atoms with Crippen LogP contribution in [0.5, 0.6) is 0 Å². The Hall–Kier alpha value is -3.36. The van der Waals surface area contributed by atoms with Gasteiger partial charge in [-0.2, -0.15) is 13.2 Å². The van der Waals surface area contributed by atoms with Crippen molar-refractivity contribution in [3.63, 3.8) is 0 Å². The number of para-hydroxylation sites is 4. The SMILES string of the molecule is O=C(Cn1c(C(F)(F)F)nc2ccccc21)N1CCC(c2nc3ccccc3o2)CC1. The van der Waals surface area contributed by atoms with E-state index >= 15 is 0 Å². The van der Waals surface area contributed by atoms with E-state index < -0.39 is 18.5 Å². The molecule has 0 unspecified atom stereocenters. The monoisotopic (exact) mass is 428 g/mol. The van der Waals surface area contributed by atoms with Crippen LogP contribution in [0, 0.1) is 0 Å². The van der Waals surface area contributed by atoms with Crippen molar-refractivity contribution in [2.24, 2.45) is 0 Å². The number of hydrogen-bond donors (Lipinski definition) is 0. The van der Waals surface area contributed by atoms with Crippen LogP contribution in [0.25, 0.3) is 22.1 Å². The number of nitrogens with zero attached hydrogens (tertiary/aromatic N) is 4. The molecule has 0 radical (unpaired) electrons. The Morgan fingerprint density at radius 2 is 1.68 bits per heavy atom. The number of fused-ring (bicyclic) bond motifs is 2. The van der Waals surface area contributed by atoms with Gasteiger partial charge < -0.3 is 13.9 Å². The van der Waals surface area contributed by atoms with E-state index in [0.717, 1.165) is 15.7 Å². The van der Waals surface area contributed by atoms with Crippen LogP contribution in [-0.4, -0.2) is 38.4 Å². The molecule has 1 fully saturated rings. The van der Waals surface area contributed by atoms with Crippen molar-refractivity contribution in [2.45, 2.75) is 31.5 Å². The van der Waals surface area contributed by atoms with Crippen LogP contribution < -0.4 is 0 Å². The van der Waals surface area contributed by atoms with Crippen LogP contribution in [0.2, 0.25) is 0 Å². The molecule has 2 aromatic heterocycles. The minimum absolute atomic E-state index is 0.0799. The highest BCUT2D eigenvalue weighted by atomic mass is 19.4. The standard InChI is InChI=1S/C22H19F3N4O2/c23-22(24,25)21-27-15-5-1-3-7-17(15)29(21)13-19(30)28-11-9-14(10-12-28)20-26-16-6-2-4-8-18(16)31-20/h1-8,14H,9-13H2. The normalized spacial score (nSPS) is 15.8. The molecule has 1 aliphatic heterocycles. The first-order valence-electron chi connectivity index (χ1n) is 10.1. The molecule has 1 aliphatic rings. The summed E-state index contributed by atoms with van der Waals surface area (Å²) in [5, 5.41) is 0. The van der Waals surface area contributed by atoms with E-state index in [1.165, 1.54) is 6.07 Å². The lowest BCUT2D eigenvalue weighted by molar-refractivity contribution is -0.148. The zero-order chi connectivity index (χ0) is 21.6. The number of aromatic nitrogens is 3. The van der Waals surface area contributed by atoms with E-state index in [0.29, 0.717) is 37.3 Å². The van der Waals surface area contributed by atoms with Gasteiger partial charge >= 0.3 is 6.18 Å². The van der Waals surface area contributed by atoms with Gasteiger partial charge in [0.1, 0.15) is 12.1 Å². The Balaban J connectivity index is 1.31. The molecule has 0 spiro atoms. The molecule has 4 aromatic rings. The summed E-state index contributed by atoms with van der Waals surface area (Å²) in [6.45, 7) is 0.481. The third kappa shape index (κ3) is 3.64. The van der Waals surface area contributed by atoms with Gasteiger partial charge in [-0.3, -0.25) is 4.79 Å². The topological polar surface area (TPSA) is 64.2 Å². The second-order valence-corrected chi connectivity index (χ2v) is 7.68. The first-order chi connectivity index (χ1) is 14.9. The summed E-state index contributed by atoms with van der Waals surface area (Å²) in [5.74, 6) is -0.683. The summed E-state index contributed by atoms with van der Waals surface area (Å²) < 4.78 is 47.2. The number of rotatable bonds is 3. The minimum atomic E-state index is -4.64. The van der Waals surface area contributed by atoms with Gasteiger partial charge in [-0.15, -0.1) is 0 Å². The fourth-order valence-electron chi connectivity index (χ4n) is 4.13. The fourth-order valence-corrected chi connectivity index (χ4v) is 4.13. The number of amides is 1. The Kier molecular flexibility index (Phi) is 4.68.